The molecule has 0 saturated heterocycles. The van der Waals surface area contributed by atoms with Crippen molar-refractivity contribution in [2.45, 2.75) is 55.2 Å². The first-order valence-electron chi connectivity index (χ1n) is 8.16. The number of carbonyl (C=O) groups is 1. The molecule has 0 amide bonds. The molecule has 0 bridgehead atoms. The van der Waals surface area contributed by atoms with E-state index in [2.05, 4.69) is 44.2 Å². The fraction of sp³-hybridized carbons (Fsp3) is 0.350. The van der Waals surface area contributed by atoms with Crippen molar-refractivity contribution in [1.82, 2.24) is 0 Å². The van der Waals surface area contributed by atoms with E-state index in [-0.39, 0.29) is 5.92 Å². The van der Waals surface area contributed by atoms with Crippen LogP contribution in [0.2, 0.25) is 0 Å². The van der Waals surface area contributed by atoms with Crippen LogP contribution in [0.3, 0.4) is 0 Å². The molecule has 3 rings (SSSR count). The fourth-order valence-electron chi connectivity index (χ4n) is 3.28. The number of fused-ring (bicyclic) bond motifs is 2. The monoisotopic (exact) mass is 310 g/mol. The van der Waals surface area contributed by atoms with Crippen LogP contribution in [0, 0.1) is 0 Å². The van der Waals surface area contributed by atoms with Crippen LogP contribution >= 0.6 is 11.8 Å². The van der Waals surface area contributed by atoms with Gasteiger partial charge >= 0.3 is 0 Å². The highest BCUT2D eigenvalue weighted by molar-refractivity contribution is 7.99. The van der Waals surface area contributed by atoms with Crippen molar-refractivity contribution in [2.75, 3.05) is 0 Å². The number of benzene rings is 2. The van der Waals surface area contributed by atoms with Gasteiger partial charge in [0.05, 0.1) is 5.92 Å². The van der Waals surface area contributed by atoms with E-state index in [0.29, 0.717) is 0 Å². The zero-order valence-electron chi connectivity index (χ0n) is 13.3. The van der Waals surface area contributed by atoms with E-state index < -0.39 is 0 Å². The summed E-state index contributed by atoms with van der Waals surface area (Å²) in [5.41, 5.74) is 5.16. The van der Waals surface area contributed by atoms with Crippen LogP contribution in [0.25, 0.3) is 0 Å². The maximum atomic E-state index is 11.8. The maximum absolute atomic E-state index is 11.8. The van der Waals surface area contributed by atoms with Crippen LogP contribution < -0.4 is 0 Å². The number of hydrogen-bond donors (Lipinski definition) is 0. The Morgan fingerprint density at radius 1 is 1.05 bits per heavy atom. The molecule has 0 spiro atoms. The van der Waals surface area contributed by atoms with Crippen LogP contribution in [0.1, 0.15) is 54.9 Å². The van der Waals surface area contributed by atoms with Crippen LogP contribution in [0.5, 0.6) is 0 Å². The summed E-state index contributed by atoms with van der Waals surface area (Å²) in [6, 6.07) is 12.9. The molecule has 22 heavy (non-hydrogen) atoms. The second-order valence-electron chi connectivity index (χ2n) is 5.93. The van der Waals surface area contributed by atoms with E-state index in [4.69, 9.17) is 0 Å². The number of aryl methyl sites for hydroxylation is 2. The summed E-state index contributed by atoms with van der Waals surface area (Å²) in [7, 11) is 0. The highest BCUT2D eigenvalue weighted by Gasteiger charge is 2.27. The number of aldehydes is 1. The van der Waals surface area contributed by atoms with E-state index in [1.807, 2.05) is 17.8 Å². The smallest absolute Gasteiger partial charge is 0.131 e. The van der Waals surface area contributed by atoms with Gasteiger partial charge in [0.15, 0.2) is 0 Å². The molecule has 1 aliphatic heterocycles. The minimum Gasteiger partial charge on any atom is -0.302 e. The first kappa shape index (κ1) is 15.4. The van der Waals surface area contributed by atoms with Gasteiger partial charge in [-0.3, -0.25) is 0 Å². The van der Waals surface area contributed by atoms with E-state index in [1.165, 1.54) is 26.5 Å². The minimum absolute atomic E-state index is 0.111. The molecule has 1 heterocycles. The van der Waals surface area contributed by atoms with Crippen LogP contribution in [0.4, 0.5) is 0 Å². The molecule has 0 saturated carbocycles. The topological polar surface area (TPSA) is 17.1 Å². The molecule has 1 atom stereocenters. The van der Waals surface area contributed by atoms with Crippen LogP contribution in [-0.4, -0.2) is 6.29 Å². The Balaban J connectivity index is 2.17. The Kier molecular flexibility index (Phi) is 4.68. The lowest BCUT2D eigenvalue weighted by Gasteiger charge is -2.27. The molecule has 1 unspecified atom stereocenters. The second-order valence-corrected chi connectivity index (χ2v) is 6.98. The van der Waals surface area contributed by atoms with Crippen molar-refractivity contribution in [2.24, 2.45) is 0 Å². The molecule has 0 aromatic heterocycles. The first-order chi connectivity index (χ1) is 10.8. The molecular formula is C20H22OS. The average Bonchev–Trinajstić information content (AvgIpc) is 2.53. The highest BCUT2D eigenvalue weighted by atomic mass is 32.2. The third kappa shape index (κ3) is 2.72. The van der Waals surface area contributed by atoms with Crippen molar-refractivity contribution >= 4 is 18.0 Å². The maximum Gasteiger partial charge on any atom is 0.131 e. The summed E-state index contributed by atoms with van der Waals surface area (Å²) in [5, 5.41) is 0. The highest BCUT2D eigenvalue weighted by Crippen LogP contribution is 2.47. The summed E-state index contributed by atoms with van der Waals surface area (Å²) in [6.45, 7) is 4.43. The molecule has 2 heteroatoms. The van der Waals surface area contributed by atoms with Gasteiger partial charge in [0.2, 0.25) is 0 Å². The lowest BCUT2D eigenvalue weighted by atomic mass is 9.88. The zero-order valence-corrected chi connectivity index (χ0v) is 14.1. The predicted octanol–water partition coefficient (Wildman–Crippen LogP) is 5.39. The molecule has 0 fully saturated rings. The summed E-state index contributed by atoms with van der Waals surface area (Å²) in [4.78, 5) is 14.4. The van der Waals surface area contributed by atoms with Gasteiger partial charge < -0.3 is 4.79 Å². The van der Waals surface area contributed by atoms with Gasteiger partial charge in [-0.1, -0.05) is 68.8 Å². The Morgan fingerprint density at radius 3 is 2.55 bits per heavy atom. The van der Waals surface area contributed by atoms with Crippen molar-refractivity contribution < 1.29 is 4.79 Å². The third-order valence-corrected chi connectivity index (χ3v) is 5.54. The van der Waals surface area contributed by atoms with E-state index in [9.17, 15) is 4.79 Å². The Bertz CT molecular complexity index is 690. The molecule has 0 aliphatic carbocycles. The lowest BCUT2D eigenvalue weighted by molar-refractivity contribution is -0.108. The Labute approximate surface area is 137 Å². The average molecular weight is 310 g/mol. The van der Waals surface area contributed by atoms with Crippen LogP contribution in [0.15, 0.2) is 46.2 Å². The van der Waals surface area contributed by atoms with E-state index >= 15 is 0 Å². The van der Waals surface area contributed by atoms with Crippen molar-refractivity contribution in [3.8, 4) is 0 Å². The Hall–Kier alpha value is -1.54. The fourth-order valence-corrected chi connectivity index (χ4v) is 4.55. The molecule has 0 N–H and O–H groups in total. The van der Waals surface area contributed by atoms with Crippen LogP contribution in [-0.2, 0) is 17.6 Å². The van der Waals surface area contributed by atoms with Gasteiger partial charge in [-0.25, -0.2) is 0 Å². The molecule has 1 aliphatic rings. The SMILES string of the molecule is CCCc1cc(CCC)c2c(c1)C(C=O)c1ccccc1S2. The number of rotatable bonds is 5. The Morgan fingerprint density at radius 2 is 1.82 bits per heavy atom. The van der Waals surface area contributed by atoms with Gasteiger partial charge in [0.25, 0.3) is 0 Å². The quantitative estimate of drug-likeness (QED) is 0.689. The summed E-state index contributed by atoms with van der Waals surface area (Å²) < 4.78 is 0. The molecular weight excluding hydrogens is 288 g/mol. The van der Waals surface area contributed by atoms with Gasteiger partial charge in [-0.15, -0.1) is 0 Å². The largest absolute Gasteiger partial charge is 0.302 e. The number of carbonyl (C=O) groups excluding carboxylic acids is 1. The predicted molar refractivity (Wildman–Crippen MR) is 92.9 cm³/mol. The van der Waals surface area contributed by atoms with E-state index in [1.54, 1.807) is 0 Å². The molecule has 114 valence electrons. The molecule has 0 radical (unpaired) electrons. The summed E-state index contributed by atoms with van der Waals surface area (Å²) >= 11 is 1.84. The molecule has 2 aromatic rings. The first-order valence-corrected chi connectivity index (χ1v) is 8.97. The molecule has 2 aromatic carbocycles. The van der Waals surface area contributed by atoms with Gasteiger partial charge in [0.1, 0.15) is 6.29 Å². The molecule has 1 nitrogen and oxygen atoms in total. The van der Waals surface area contributed by atoms with E-state index in [0.717, 1.165) is 37.5 Å². The minimum atomic E-state index is -0.111. The lowest BCUT2D eigenvalue weighted by Crippen LogP contribution is -2.12. The summed E-state index contributed by atoms with van der Waals surface area (Å²) in [6.07, 6.45) is 5.56. The normalized spacial score (nSPS) is 16.0. The third-order valence-electron chi connectivity index (χ3n) is 4.25. The zero-order chi connectivity index (χ0) is 15.5. The second kappa shape index (κ2) is 6.70. The summed E-state index contributed by atoms with van der Waals surface area (Å²) in [5.74, 6) is -0.111. The van der Waals surface area contributed by atoms with Crippen molar-refractivity contribution in [3.05, 3.63) is 58.7 Å². The number of hydrogen-bond acceptors (Lipinski definition) is 2. The van der Waals surface area contributed by atoms with Gasteiger partial charge in [0, 0.05) is 9.79 Å². The van der Waals surface area contributed by atoms with Gasteiger partial charge in [-0.2, -0.15) is 0 Å². The van der Waals surface area contributed by atoms with Crippen molar-refractivity contribution in [3.63, 3.8) is 0 Å². The standard InChI is InChI=1S/C20H22OS/c1-3-7-14-11-15(8-4-2)20-17(12-14)18(13-21)16-9-5-6-10-19(16)22-20/h5-6,9-13,18H,3-4,7-8H2,1-2H3. The van der Waals surface area contributed by atoms with Gasteiger partial charge in [-0.05, 0) is 41.2 Å². The van der Waals surface area contributed by atoms with Crippen molar-refractivity contribution in [1.29, 1.82) is 0 Å².